The highest BCUT2D eigenvalue weighted by molar-refractivity contribution is 7.12. The van der Waals surface area contributed by atoms with E-state index >= 15 is 0 Å². The number of carbonyl (C=O) groups is 3. The number of hydrogen-bond donors (Lipinski definition) is 1. The molecule has 2 aromatic rings. The number of aryl methyl sites for hydroxylation is 2. The van der Waals surface area contributed by atoms with Crippen LogP contribution in [0.3, 0.4) is 0 Å². The molecule has 0 saturated heterocycles. The molecule has 3 atom stereocenters. The number of allylic oxidation sites excluding steroid dienone is 3. The van der Waals surface area contributed by atoms with Gasteiger partial charge in [-0.2, -0.15) is 0 Å². The third-order valence-corrected chi connectivity index (χ3v) is 7.95. The topological polar surface area (TPSA) is 90.9 Å². The van der Waals surface area contributed by atoms with Crippen molar-refractivity contribution in [1.29, 1.82) is 0 Å². The number of dihydropyridines is 1. The summed E-state index contributed by atoms with van der Waals surface area (Å²) in [5.74, 6) is -2.84. The molecule has 0 amide bonds. The summed E-state index contributed by atoms with van der Waals surface area (Å²) >= 11 is 1.61. The van der Waals surface area contributed by atoms with Crippen molar-refractivity contribution >= 4 is 29.1 Å². The van der Waals surface area contributed by atoms with Crippen LogP contribution in [0.5, 0.6) is 5.75 Å². The van der Waals surface area contributed by atoms with E-state index in [9.17, 15) is 14.4 Å². The SMILES string of the molecule is CCOC(=O)C1=C(C)NC2=C(C(=O)[C@H](C(=O)OCC)[C@@H](c3cccc(OC)c3)C2)[C@@H]1c1cc(C)sc1C. The number of nitrogens with one attached hydrogen (secondary N) is 1. The predicted molar refractivity (Wildman–Crippen MR) is 142 cm³/mol. The lowest BCUT2D eigenvalue weighted by Crippen LogP contribution is -2.43. The number of rotatable bonds is 7. The van der Waals surface area contributed by atoms with Gasteiger partial charge in [-0.1, -0.05) is 12.1 Å². The summed E-state index contributed by atoms with van der Waals surface area (Å²) < 4.78 is 16.2. The minimum atomic E-state index is -1.04. The Morgan fingerprint density at radius 3 is 2.43 bits per heavy atom. The molecule has 196 valence electrons. The molecule has 1 aromatic carbocycles. The first-order valence-electron chi connectivity index (χ1n) is 12.5. The average molecular weight is 524 g/mol. The summed E-state index contributed by atoms with van der Waals surface area (Å²) in [4.78, 5) is 42.9. The van der Waals surface area contributed by atoms with Gasteiger partial charge in [-0.25, -0.2) is 4.79 Å². The van der Waals surface area contributed by atoms with Gasteiger partial charge in [0, 0.05) is 38.6 Å². The van der Waals surface area contributed by atoms with Crippen LogP contribution < -0.4 is 10.1 Å². The second-order valence-corrected chi connectivity index (χ2v) is 10.7. The van der Waals surface area contributed by atoms with Crippen LogP contribution in [-0.4, -0.2) is 38.0 Å². The number of benzene rings is 1. The minimum absolute atomic E-state index is 0.164. The van der Waals surface area contributed by atoms with Gasteiger partial charge in [-0.15, -0.1) is 11.3 Å². The van der Waals surface area contributed by atoms with Gasteiger partial charge in [0.05, 0.1) is 25.9 Å². The molecule has 7 nitrogen and oxygen atoms in total. The molecule has 0 radical (unpaired) electrons. The molecule has 4 rings (SSSR count). The van der Waals surface area contributed by atoms with E-state index in [0.29, 0.717) is 29.0 Å². The quantitative estimate of drug-likeness (QED) is 0.399. The summed E-state index contributed by atoms with van der Waals surface area (Å²) in [6, 6.07) is 9.46. The first-order valence-corrected chi connectivity index (χ1v) is 13.3. The molecule has 2 heterocycles. The van der Waals surface area contributed by atoms with Crippen LogP contribution in [0.2, 0.25) is 0 Å². The molecule has 1 aliphatic carbocycles. The fourth-order valence-electron chi connectivity index (χ4n) is 5.45. The average Bonchev–Trinajstić information content (AvgIpc) is 3.20. The van der Waals surface area contributed by atoms with Gasteiger partial charge >= 0.3 is 11.9 Å². The second kappa shape index (κ2) is 10.9. The van der Waals surface area contributed by atoms with Crippen LogP contribution in [0.1, 0.15) is 59.9 Å². The standard InChI is InChI=1S/C29H33NO6S/c1-7-35-28(32)23-16(4)30-22-14-21(18-10-9-11-19(13-18)34-6)25(29(33)36-8-2)27(31)26(22)24(23)20-12-15(3)37-17(20)5/h9-13,21,24-25,30H,7-8,14H2,1-6H3/t21-,24-,25-/m1/s1. The van der Waals surface area contributed by atoms with E-state index < -0.39 is 29.7 Å². The molecule has 0 spiro atoms. The zero-order valence-electron chi connectivity index (χ0n) is 22.1. The Morgan fingerprint density at radius 2 is 1.81 bits per heavy atom. The normalized spacial score (nSPS) is 21.4. The molecule has 2 aliphatic rings. The van der Waals surface area contributed by atoms with E-state index in [2.05, 4.69) is 5.32 Å². The third kappa shape index (κ3) is 4.94. The van der Waals surface area contributed by atoms with Gasteiger partial charge in [-0.3, -0.25) is 9.59 Å². The van der Waals surface area contributed by atoms with Crippen LogP contribution in [-0.2, 0) is 23.9 Å². The summed E-state index contributed by atoms with van der Waals surface area (Å²) in [6.45, 7) is 9.68. The summed E-state index contributed by atoms with van der Waals surface area (Å²) in [7, 11) is 1.58. The maximum Gasteiger partial charge on any atom is 0.336 e. The zero-order chi connectivity index (χ0) is 26.9. The first-order chi connectivity index (χ1) is 17.7. The lowest BCUT2D eigenvalue weighted by molar-refractivity contribution is -0.152. The number of methoxy groups -OCH3 is 1. The Hall–Kier alpha value is -3.39. The van der Waals surface area contributed by atoms with Crippen molar-refractivity contribution in [2.45, 2.75) is 52.9 Å². The first kappa shape index (κ1) is 26.7. The van der Waals surface area contributed by atoms with E-state index in [1.165, 1.54) is 0 Å². The van der Waals surface area contributed by atoms with Gasteiger partial charge in [-0.05, 0) is 70.4 Å². The highest BCUT2D eigenvalue weighted by Crippen LogP contribution is 2.49. The largest absolute Gasteiger partial charge is 0.497 e. The molecule has 0 unspecified atom stereocenters. The van der Waals surface area contributed by atoms with Crippen LogP contribution in [0.15, 0.2) is 52.9 Å². The highest BCUT2D eigenvalue weighted by atomic mass is 32.1. The van der Waals surface area contributed by atoms with Crippen molar-refractivity contribution in [2.24, 2.45) is 5.92 Å². The van der Waals surface area contributed by atoms with Crippen LogP contribution in [0, 0.1) is 19.8 Å². The molecule has 0 fully saturated rings. The van der Waals surface area contributed by atoms with Crippen molar-refractivity contribution in [2.75, 3.05) is 20.3 Å². The molecular formula is C29H33NO6S. The third-order valence-electron chi connectivity index (χ3n) is 6.97. The predicted octanol–water partition coefficient (Wildman–Crippen LogP) is 5.09. The molecule has 37 heavy (non-hydrogen) atoms. The van der Waals surface area contributed by atoms with Gasteiger partial charge in [0.25, 0.3) is 0 Å². The van der Waals surface area contributed by atoms with Crippen molar-refractivity contribution < 1.29 is 28.6 Å². The molecule has 0 saturated carbocycles. The van der Waals surface area contributed by atoms with E-state index in [1.807, 2.05) is 51.1 Å². The lowest BCUT2D eigenvalue weighted by atomic mass is 9.67. The molecule has 1 N–H and O–H groups in total. The van der Waals surface area contributed by atoms with E-state index in [1.54, 1.807) is 32.3 Å². The van der Waals surface area contributed by atoms with Gasteiger partial charge < -0.3 is 19.5 Å². The Bertz CT molecular complexity index is 1300. The lowest BCUT2D eigenvalue weighted by Gasteiger charge is -2.39. The molecule has 1 aromatic heterocycles. The van der Waals surface area contributed by atoms with Gasteiger partial charge in [0.15, 0.2) is 5.78 Å². The van der Waals surface area contributed by atoms with E-state index in [0.717, 1.165) is 26.6 Å². The van der Waals surface area contributed by atoms with Gasteiger partial charge in [0.2, 0.25) is 0 Å². The number of hydrogen-bond acceptors (Lipinski definition) is 8. The second-order valence-electron chi connectivity index (χ2n) is 9.26. The summed E-state index contributed by atoms with van der Waals surface area (Å²) in [5.41, 5.74) is 3.91. The minimum Gasteiger partial charge on any atom is -0.497 e. The van der Waals surface area contributed by atoms with Crippen LogP contribution >= 0.6 is 11.3 Å². The Labute approximate surface area is 221 Å². The smallest absolute Gasteiger partial charge is 0.336 e. The van der Waals surface area contributed by atoms with E-state index in [4.69, 9.17) is 14.2 Å². The number of esters is 2. The molecular weight excluding hydrogens is 490 g/mol. The van der Waals surface area contributed by atoms with Crippen molar-refractivity contribution in [1.82, 2.24) is 5.32 Å². The maximum absolute atomic E-state index is 14.3. The maximum atomic E-state index is 14.3. The van der Waals surface area contributed by atoms with Crippen LogP contribution in [0.25, 0.3) is 0 Å². The molecule has 8 heteroatoms. The number of carbonyl (C=O) groups excluding carboxylic acids is 3. The monoisotopic (exact) mass is 523 g/mol. The van der Waals surface area contributed by atoms with Crippen molar-refractivity contribution in [3.05, 3.63) is 73.8 Å². The van der Waals surface area contributed by atoms with Crippen LogP contribution in [0.4, 0.5) is 0 Å². The van der Waals surface area contributed by atoms with Crippen molar-refractivity contribution in [3.63, 3.8) is 0 Å². The molecule has 1 aliphatic heterocycles. The van der Waals surface area contributed by atoms with Gasteiger partial charge in [0.1, 0.15) is 11.7 Å². The Morgan fingerprint density at radius 1 is 1.08 bits per heavy atom. The summed E-state index contributed by atoms with van der Waals surface area (Å²) in [5, 5.41) is 3.34. The number of ketones is 1. The Balaban J connectivity index is 1.91. The number of thiophene rings is 1. The number of Topliss-reactive ketones (excluding diaryl/α,β-unsaturated/α-hetero) is 1. The summed E-state index contributed by atoms with van der Waals surface area (Å²) in [6.07, 6.45) is 0.407. The number of ether oxygens (including phenoxy) is 3. The van der Waals surface area contributed by atoms with Crippen molar-refractivity contribution in [3.8, 4) is 5.75 Å². The van der Waals surface area contributed by atoms with E-state index in [-0.39, 0.29) is 19.0 Å². The molecule has 0 bridgehead atoms. The highest BCUT2D eigenvalue weighted by Gasteiger charge is 2.49. The fraction of sp³-hybridized carbons (Fsp3) is 0.414. The fourth-order valence-corrected chi connectivity index (χ4v) is 6.41. The zero-order valence-corrected chi connectivity index (χ0v) is 22.9. The Kier molecular flexibility index (Phi) is 7.87.